The van der Waals surface area contributed by atoms with Crippen LogP contribution < -0.4 is 0 Å². The van der Waals surface area contributed by atoms with E-state index in [4.69, 9.17) is 4.52 Å². The molecule has 0 aliphatic rings. The standard InChI is InChI=1S/C18H14N4O/c1-13-16(12-22(20-13)15-10-6-3-7-11-15)18-19-17(21-23-18)14-8-4-2-5-9-14/h2-12H,1H3. The number of hydrogen-bond donors (Lipinski definition) is 0. The van der Waals surface area contributed by atoms with Crippen molar-refractivity contribution in [1.82, 2.24) is 19.9 Å². The van der Waals surface area contributed by atoms with Crippen LogP contribution in [0.5, 0.6) is 0 Å². The topological polar surface area (TPSA) is 56.7 Å². The van der Waals surface area contributed by atoms with Gasteiger partial charge >= 0.3 is 0 Å². The van der Waals surface area contributed by atoms with Crippen molar-refractivity contribution in [2.45, 2.75) is 6.92 Å². The molecule has 0 unspecified atom stereocenters. The highest BCUT2D eigenvalue weighted by molar-refractivity contribution is 5.61. The molecule has 0 saturated carbocycles. The Hall–Kier alpha value is -3.21. The van der Waals surface area contributed by atoms with Crippen LogP contribution in [0.2, 0.25) is 0 Å². The van der Waals surface area contributed by atoms with Crippen LogP contribution in [0.3, 0.4) is 0 Å². The molecular formula is C18H14N4O. The van der Waals surface area contributed by atoms with E-state index in [1.807, 2.05) is 78.5 Å². The summed E-state index contributed by atoms with van der Waals surface area (Å²) in [6, 6.07) is 19.7. The first-order valence-corrected chi connectivity index (χ1v) is 7.32. The van der Waals surface area contributed by atoms with Crippen LogP contribution in [0.4, 0.5) is 0 Å². The molecule has 0 radical (unpaired) electrons. The van der Waals surface area contributed by atoms with Crippen LogP contribution in [0.25, 0.3) is 28.5 Å². The fourth-order valence-electron chi connectivity index (χ4n) is 2.42. The molecular weight excluding hydrogens is 288 g/mol. The molecule has 5 heteroatoms. The molecule has 4 rings (SSSR count). The SMILES string of the molecule is Cc1nn(-c2ccccc2)cc1-c1nc(-c2ccccc2)no1. The molecule has 0 aliphatic carbocycles. The van der Waals surface area contributed by atoms with Gasteiger partial charge in [0.1, 0.15) is 0 Å². The molecule has 0 saturated heterocycles. The average Bonchev–Trinajstić information content (AvgIpc) is 3.23. The minimum Gasteiger partial charge on any atom is -0.333 e. The molecule has 0 fully saturated rings. The normalized spacial score (nSPS) is 10.8. The summed E-state index contributed by atoms with van der Waals surface area (Å²) in [6.07, 6.45) is 1.91. The van der Waals surface area contributed by atoms with E-state index in [0.29, 0.717) is 11.7 Å². The first kappa shape index (κ1) is 13.5. The van der Waals surface area contributed by atoms with E-state index >= 15 is 0 Å². The van der Waals surface area contributed by atoms with Crippen molar-refractivity contribution in [3.63, 3.8) is 0 Å². The molecule has 112 valence electrons. The summed E-state index contributed by atoms with van der Waals surface area (Å²) in [4.78, 5) is 4.49. The molecule has 0 atom stereocenters. The highest BCUT2D eigenvalue weighted by atomic mass is 16.5. The van der Waals surface area contributed by atoms with Gasteiger partial charge in [-0.3, -0.25) is 0 Å². The van der Waals surface area contributed by atoms with Crippen molar-refractivity contribution in [1.29, 1.82) is 0 Å². The Balaban J connectivity index is 1.72. The van der Waals surface area contributed by atoms with Crippen molar-refractivity contribution in [3.8, 4) is 28.5 Å². The van der Waals surface area contributed by atoms with E-state index in [2.05, 4.69) is 15.2 Å². The predicted octanol–water partition coefficient (Wildman–Crippen LogP) is 3.90. The maximum atomic E-state index is 5.42. The van der Waals surface area contributed by atoms with Crippen molar-refractivity contribution < 1.29 is 4.52 Å². The molecule has 2 heterocycles. The number of para-hydroxylation sites is 1. The highest BCUT2D eigenvalue weighted by Crippen LogP contribution is 2.25. The highest BCUT2D eigenvalue weighted by Gasteiger charge is 2.16. The summed E-state index contributed by atoms with van der Waals surface area (Å²) < 4.78 is 7.24. The Kier molecular flexibility index (Phi) is 3.24. The largest absolute Gasteiger partial charge is 0.333 e. The number of rotatable bonds is 3. The zero-order chi connectivity index (χ0) is 15.6. The maximum absolute atomic E-state index is 5.42. The number of aromatic nitrogens is 4. The lowest BCUT2D eigenvalue weighted by Gasteiger charge is -1.98. The quantitative estimate of drug-likeness (QED) is 0.576. The van der Waals surface area contributed by atoms with Crippen LogP contribution in [0.1, 0.15) is 5.69 Å². The zero-order valence-electron chi connectivity index (χ0n) is 12.5. The van der Waals surface area contributed by atoms with E-state index in [9.17, 15) is 0 Å². The van der Waals surface area contributed by atoms with Crippen LogP contribution in [-0.4, -0.2) is 19.9 Å². The zero-order valence-corrected chi connectivity index (χ0v) is 12.5. The Labute approximate surface area is 133 Å². The van der Waals surface area contributed by atoms with Crippen molar-refractivity contribution in [2.24, 2.45) is 0 Å². The Morgan fingerprint density at radius 1 is 0.913 bits per heavy atom. The van der Waals surface area contributed by atoms with E-state index in [-0.39, 0.29) is 0 Å². The maximum Gasteiger partial charge on any atom is 0.261 e. The second kappa shape index (κ2) is 5.53. The summed E-state index contributed by atoms with van der Waals surface area (Å²) in [6.45, 7) is 1.93. The molecule has 0 amide bonds. The fraction of sp³-hybridized carbons (Fsp3) is 0.0556. The lowest BCUT2D eigenvalue weighted by Crippen LogP contribution is -1.93. The summed E-state index contributed by atoms with van der Waals surface area (Å²) in [7, 11) is 0. The lowest BCUT2D eigenvalue weighted by molar-refractivity contribution is 0.432. The minimum absolute atomic E-state index is 0.475. The minimum atomic E-state index is 0.475. The van der Waals surface area contributed by atoms with Crippen LogP contribution in [-0.2, 0) is 0 Å². The van der Waals surface area contributed by atoms with Gasteiger partial charge in [-0.1, -0.05) is 53.7 Å². The summed E-state index contributed by atoms with van der Waals surface area (Å²) in [5.74, 6) is 1.05. The predicted molar refractivity (Wildman–Crippen MR) is 87.0 cm³/mol. The molecule has 23 heavy (non-hydrogen) atoms. The van der Waals surface area contributed by atoms with Gasteiger partial charge in [-0.2, -0.15) is 10.1 Å². The van der Waals surface area contributed by atoms with Gasteiger partial charge in [0.05, 0.1) is 16.9 Å². The third-order valence-electron chi connectivity index (χ3n) is 3.61. The van der Waals surface area contributed by atoms with Gasteiger partial charge in [-0.05, 0) is 19.1 Å². The third kappa shape index (κ3) is 2.53. The van der Waals surface area contributed by atoms with Gasteiger partial charge in [0, 0.05) is 11.8 Å². The molecule has 0 spiro atoms. The average molecular weight is 302 g/mol. The van der Waals surface area contributed by atoms with Gasteiger partial charge in [-0.15, -0.1) is 0 Å². The van der Waals surface area contributed by atoms with E-state index in [1.54, 1.807) is 0 Å². The molecule has 0 N–H and O–H groups in total. The number of nitrogens with zero attached hydrogens (tertiary/aromatic N) is 4. The van der Waals surface area contributed by atoms with Crippen molar-refractivity contribution in [2.75, 3.05) is 0 Å². The van der Waals surface area contributed by atoms with Gasteiger partial charge in [0.25, 0.3) is 5.89 Å². The third-order valence-corrected chi connectivity index (χ3v) is 3.61. The summed E-state index contributed by atoms with van der Waals surface area (Å²) >= 11 is 0. The van der Waals surface area contributed by atoms with Gasteiger partial charge < -0.3 is 4.52 Å². The fourth-order valence-corrected chi connectivity index (χ4v) is 2.42. The molecule has 5 nitrogen and oxygen atoms in total. The molecule has 0 bridgehead atoms. The second-order valence-corrected chi connectivity index (χ2v) is 5.20. The van der Waals surface area contributed by atoms with Crippen molar-refractivity contribution in [3.05, 3.63) is 72.6 Å². The van der Waals surface area contributed by atoms with Gasteiger partial charge in [0.2, 0.25) is 5.82 Å². The van der Waals surface area contributed by atoms with E-state index in [1.165, 1.54) is 0 Å². The molecule has 2 aromatic heterocycles. The smallest absolute Gasteiger partial charge is 0.261 e. The first-order chi connectivity index (χ1) is 11.3. The Morgan fingerprint density at radius 2 is 1.61 bits per heavy atom. The van der Waals surface area contributed by atoms with Crippen LogP contribution in [0, 0.1) is 6.92 Å². The van der Waals surface area contributed by atoms with E-state index < -0.39 is 0 Å². The van der Waals surface area contributed by atoms with Gasteiger partial charge in [0.15, 0.2) is 0 Å². The number of benzene rings is 2. The summed E-state index contributed by atoms with van der Waals surface area (Å²) in [5, 5.41) is 8.59. The summed E-state index contributed by atoms with van der Waals surface area (Å²) in [5.41, 5.74) is 3.60. The monoisotopic (exact) mass is 302 g/mol. The molecule has 2 aromatic carbocycles. The van der Waals surface area contributed by atoms with Gasteiger partial charge in [-0.25, -0.2) is 4.68 Å². The van der Waals surface area contributed by atoms with E-state index in [0.717, 1.165) is 22.5 Å². The Morgan fingerprint density at radius 3 is 2.35 bits per heavy atom. The molecule has 0 aliphatic heterocycles. The molecule has 4 aromatic rings. The Bertz CT molecular complexity index is 926. The van der Waals surface area contributed by atoms with Crippen LogP contribution >= 0.6 is 0 Å². The second-order valence-electron chi connectivity index (χ2n) is 5.20. The number of hydrogen-bond acceptors (Lipinski definition) is 4. The first-order valence-electron chi connectivity index (χ1n) is 7.32. The van der Waals surface area contributed by atoms with Crippen LogP contribution in [0.15, 0.2) is 71.4 Å². The lowest BCUT2D eigenvalue weighted by atomic mass is 10.2. The number of aryl methyl sites for hydroxylation is 1. The van der Waals surface area contributed by atoms with Crippen molar-refractivity contribution >= 4 is 0 Å².